The van der Waals surface area contributed by atoms with E-state index in [-0.39, 0.29) is 35.7 Å². The topological polar surface area (TPSA) is 111 Å². The van der Waals surface area contributed by atoms with Crippen LogP contribution in [0.5, 0.6) is 0 Å². The van der Waals surface area contributed by atoms with E-state index in [1.54, 1.807) is 11.8 Å². The Balaban J connectivity index is 2.11. The molecule has 2 atom stereocenters. The number of nitrogens with zero attached hydrogens (tertiary/aromatic N) is 3. The molecule has 2 unspecified atom stereocenters. The highest BCUT2D eigenvalue weighted by Crippen LogP contribution is 2.31. The van der Waals surface area contributed by atoms with Crippen molar-refractivity contribution in [2.45, 2.75) is 45.1 Å². The van der Waals surface area contributed by atoms with Crippen LogP contribution in [-0.4, -0.2) is 43.1 Å². The van der Waals surface area contributed by atoms with Crippen LogP contribution in [0.4, 0.5) is 5.95 Å². The molecule has 0 radical (unpaired) electrons. The maximum atomic E-state index is 12.9. The SMILES string of the molecule is C#CCn1c(=O)n(C2CCC(CCSC)O2)c2nc(NC(C)=O)[nH]c(=O)c21. The normalized spacial score (nSPS) is 19.3. The van der Waals surface area contributed by atoms with Gasteiger partial charge in [-0.05, 0) is 31.3 Å². The van der Waals surface area contributed by atoms with Gasteiger partial charge in [-0.25, -0.2) is 9.36 Å². The number of ether oxygens (including phenoxy) is 1. The van der Waals surface area contributed by atoms with Gasteiger partial charge in [-0.15, -0.1) is 6.42 Å². The summed E-state index contributed by atoms with van der Waals surface area (Å²) in [7, 11) is 0. The molecule has 0 spiro atoms. The Hall–Kier alpha value is -2.51. The van der Waals surface area contributed by atoms with Gasteiger partial charge < -0.3 is 4.74 Å². The number of hydrogen-bond donors (Lipinski definition) is 2. The molecule has 0 saturated carbocycles. The van der Waals surface area contributed by atoms with E-state index in [4.69, 9.17) is 11.2 Å². The van der Waals surface area contributed by atoms with Gasteiger partial charge in [-0.2, -0.15) is 16.7 Å². The number of terminal acetylenes is 1. The fourth-order valence-electron chi connectivity index (χ4n) is 3.24. The second-order valence-electron chi connectivity index (χ2n) is 6.28. The van der Waals surface area contributed by atoms with Crippen LogP contribution in [0.15, 0.2) is 9.59 Å². The Morgan fingerprint density at radius 2 is 2.26 bits per heavy atom. The third kappa shape index (κ3) is 3.79. The van der Waals surface area contributed by atoms with E-state index < -0.39 is 17.5 Å². The van der Waals surface area contributed by atoms with Crippen LogP contribution >= 0.6 is 11.8 Å². The van der Waals surface area contributed by atoms with Gasteiger partial charge in [0.25, 0.3) is 5.56 Å². The minimum atomic E-state index is -0.549. The molecule has 0 aromatic carbocycles. The smallest absolute Gasteiger partial charge is 0.333 e. The van der Waals surface area contributed by atoms with Crippen molar-refractivity contribution in [2.24, 2.45) is 0 Å². The third-order valence-corrected chi connectivity index (χ3v) is 5.02. The van der Waals surface area contributed by atoms with Gasteiger partial charge in [0.15, 0.2) is 11.2 Å². The summed E-state index contributed by atoms with van der Waals surface area (Å²) in [4.78, 5) is 43.5. The molecular formula is C17H21N5O4S. The van der Waals surface area contributed by atoms with Crippen molar-refractivity contribution in [1.29, 1.82) is 0 Å². The monoisotopic (exact) mass is 391 g/mol. The molecule has 144 valence electrons. The van der Waals surface area contributed by atoms with Gasteiger partial charge in [0, 0.05) is 6.92 Å². The van der Waals surface area contributed by atoms with Crippen molar-refractivity contribution in [3.05, 3.63) is 20.8 Å². The molecule has 1 amide bonds. The van der Waals surface area contributed by atoms with Crippen molar-refractivity contribution in [3.8, 4) is 12.3 Å². The molecule has 3 heterocycles. The lowest BCUT2D eigenvalue weighted by molar-refractivity contribution is -0.114. The Morgan fingerprint density at radius 3 is 2.93 bits per heavy atom. The largest absolute Gasteiger partial charge is 0.355 e. The summed E-state index contributed by atoms with van der Waals surface area (Å²) in [5, 5.41) is 2.44. The molecule has 1 aliphatic rings. The number of hydrogen-bond acceptors (Lipinski definition) is 6. The number of thioether (sulfide) groups is 1. The third-order valence-electron chi connectivity index (χ3n) is 4.37. The number of aromatic amines is 1. The molecule has 2 aromatic heterocycles. The fourth-order valence-corrected chi connectivity index (χ4v) is 3.74. The van der Waals surface area contributed by atoms with Crippen molar-refractivity contribution in [1.82, 2.24) is 19.1 Å². The maximum absolute atomic E-state index is 12.9. The number of carbonyl (C=O) groups is 1. The van der Waals surface area contributed by atoms with Crippen LogP contribution in [-0.2, 0) is 16.1 Å². The summed E-state index contributed by atoms with van der Waals surface area (Å²) < 4.78 is 8.61. The van der Waals surface area contributed by atoms with Crippen LogP contribution in [0, 0.1) is 12.3 Å². The standard InChI is InChI=1S/C17H21N5O4S/c1-4-8-21-13-14(19-16(18-10(2)23)20-15(13)24)22(17(21)25)12-6-5-11(26-12)7-9-27-3/h1,11-12H,5-9H2,2-3H3,(H2,18,19,20,23,24). The number of H-pyrrole nitrogens is 1. The minimum Gasteiger partial charge on any atom is -0.355 e. The van der Waals surface area contributed by atoms with Crippen LogP contribution in [0.1, 0.15) is 32.4 Å². The Bertz CT molecular complexity index is 1020. The van der Waals surface area contributed by atoms with Crippen molar-refractivity contribution in [3.63, 3.8) is 0 Å². The summed E-state index contributed by atoms with van der Waals surface area (Å²) >= 11 is 1.74. The molecule has 27 heavy (non-hydrogen) atoms. The summed E-state index contributed by atoms with van der Waals surface area (Å²) in [6.07, 6.45) is 9.27. The number of aromatic nitrogens is 4. The van der Waals surface area contributed by atoms with E-state index in [0.717, 1.165) is 18.6 Å². The van der Waals surface area contributed by atoms with E-state index >= 15 is 0 Å². The number of rotatable bonds is 6. The minimum absolute atomic E-state index is 0.0245. The van der Waals surface area contributed by atoms with Crippen molar-refractivity contribution < 1.29 is 9.53 Å². The molecule has 2 N–H and O–H groups in total. The molecule has 10 heteroatoms. The second kappa shape index (κ2) is 8.02. The second-order valence-corrected chi connectivity index (χ2v) is 7.27. The zero-order valence-corrected chi connectivity index (χ0v) is 16.0. The summed E-state index contributed by atoms with van der Waals surface area (Å²) in [5.74, 6) is 2.95. The van der Waals surface area contributed by atoms with Crippen LogP contribution in [0.2, 0.25) is 0 Å². The molecule has 1 saturated heterocycles. The number of carbonyl (C=O) groups excluding carboxylic acids is 1. The molecular weight excluding hydrogens is 370 g/mol. The predicted octanol–water partition coefficient (Wildman–Crippen LogP) is 0.909. The maximum Gasteiger partial charge on any atom is 0.333 e. The average molecular weight is 391 g/mol. The first-order valence-electron chi connectivity index (χ1n) is 8.56. The van der Waals surface area contributed by atoms with Gasteiger partial charge in [0.2, 0.25) is 11.9 Å². The predicted molar refractivity (Wildman–Crippen MR) is 104 cm³/mol. The summed E-state index contributed by atoms with van der Waals surface area (Å²) in [6, 6.07) is 0. The van der Waals surface area contributed by atoms with E-state index in [2.05, 4.69) is 21.2 Å². The molecule has 0 bridgehead atoms. The highest BCUT2D eigenvalue weighted by Gasteiger charge is 2.31. The molecule has 3 rings (SSSR count). The molecule has 0 aliphatic carbocycles. The van der Waals surface area contributed by atoms with Crippen molar-refractivity contribution >= 4 is 34.8 Å². The van der Waals surface area contributed by atoms with Crippen LogP contribution in [0.25, 0.3) is 11.2 Å². The van der Waals surface area contributed by atoms with Gasteiger partial charge >= 0.3 is 5.69 Å². The average Bonchev–Trinajstić information content (AvgIpc) is 3.16. The first-order valence-corrected chi connectivity index (χ1v) is 9.96. The molecule has 2 aromatic rings. The van der Waals surface area contributed by atoms with E-state index in [9.17, 15) is 14.4 Å². The van der Waals surface area contributed by atoms with E-state index in [1.807, 2.05) is 6.26 Å². The number of anilines is 1. The Kier molecular flexibility index (Phi) is 5.72. The quantitative estimate of drug-likeness (QED) is 0.708. The number of fused-ring (bicyclic) bond motifs is 1. The highest BCUT2D eigenvalue weighted by atomic mass is 32.2. The van der Waals surface area contributed by atoms with E-state index in [1.165, 1.54) is 16.1 Å². The Morgan fingerprint density at radius 1 is 1.48 bits per heavy atom. The summed E-state index contributed by atoms with van der Waals surface area (Å²) in [5.41, 5.74) is -0.773. The summed E-state index contributed by atoms with van der Waals surface area (Å²) in [6.45, 7) is 1.24. The first kappa shape index (κ1) is 19.3. The molecule has 9 nitrogen and oxygen atoms in total. The van der Waals surface area contributed by atoms with Gasteiger partial charge in [-0.3, -0.25) is 24.5 Å². The van der Waals surface area contributed by atoms with Crippen LogP contribution < -0.4 is 16.6 Å². The zero-order chi connectivity index (χ0) is 19.6. The number of amides is 1. The molecule has 1 fully saturated rings. The Labute approximate surface area is 159 Å². The number of imidazole rings is 1. The van der Waals surface area contributed by atoms with Crippen molar-refractivity contribution in [2.75, 3.05) is 17.3 Å². The van der Waals surface area contributed by atoms with Gasteiger partial charge in [0.1, 0.15) is 6.23 Å². The lowest BCUT2D eigenvalue weighted by Gasteiger charge is -2.14. The fraction of sp³-hybridized carbons (Fsp3) is 0.529. The lowest BCUT2D eigenvalue weighted by atomic mass is 10.2. The van der Waals surface area contributed by atoms with Gasteiger partial charge in [0.05, 0.1) is 12.6 Å². The molecule has 1 aliphatic heterocycles. The van der Waals surface area contributed by atoms with Gasteiger partial charge in [-0.1, -0.05) is 5.92 Å². The first-order chi connectivity index (χ1) is 13.0. The highest BCUT2D eigenvalue weighted by molar-refractivity contribution is 7.98. The van der Waals surface area contributed by atoms with Crippen LogP contribution in [0.3, 0.4) is 0 Å². The number of nitrogens with one attached hydrogen (secondary N) is 2. The lowest BCUT2D eigenvalue weighted by Crippen LogP contribution is -2.28. The van der Waals surface area contributed by atoms with E-state index in [0.29, 0.717) is 6.42 Å². The zero-order valence-electron chi connectivity index (χ0n) is 15.2.